The van der Waals surface area contributed by atoms with Crippen molar-refractivity contribution in [1.82, 2.24) is 4.90 Å². The molecule has 1 aromatic rings. The lowest BCUT2D eigenvalue weighted by Crippen LogP contribution is -2.46. The average molecular weight is 333 g/mol. The number of piperidine rings is 1. The Hall–Kier alpha value is -1.55. The lowest BCUT2D eigenvalue weighted by Gasteiger charge is -2.43. The van der Waals surface area contributed by atoms with Gasteiger partial charge < -0.3 is 9.47 Å². The van der Waals surface area contributed by atoms with E-state index in [0.717, 1.165) is 7.11 Å². The summed E-state index contributed by atoms with van der Waals surface area (Å²) >= 11 is 0. The van der Waals surface area contributed by atoms with Gasteiger partial charge in [-0.1, -0.05) is 13.8 Å². The summed E-state index contributed by atoms with van der Waals surface area (Å²) in [7, 11) is -2.34. The van der Waals surface area contributed by atoms with Crippen molar-refractivity contribution in [2.24, 2.45) is 11.8 Å². The Morgan fingerprint density at radius 2 is 2.26 bits per heavy atom. The average Bonchev–Trinajstić information content (AvgIpc) is 2.71. The fraction of sp³-hybridized carbons (Fsp3) is 0.632. The number of benzene rings is 1. The van der Waals surface area contributed by atoms with Crippen LogP contribution in [0, 0.1) is 11.8 Å². The van der Waals surface area contributed by atoms with Gasteiger partial charge in [-0.3, -0.25) is 9.69 Å². The maximum absolute atomic E-state index is 13.6. The fourth-order valence-corrected chi connectivity index (χ4v) is 2.35. The van der Waals surface area contributed by atoms with Crippen LogP contribution in [0.25, 0.3) is 0 Å². The van der Waals surface area contributed by atoms with E-state index in [1.165, 1.54) is 13.8 Å². The first-order valence-corrected chi connectivity index (χ1v) is 7.06. The third-order valence-corrected chi connectivity index (χ3v) is 3.36. The van der Waals surface area contributed by atoms with Gasteiger partial charge in [-0.2, -0.15) is 0 Å². The van der Waals surface area contributed by atoms with E-state index in [1.54, 1.807) is 0 Å². The van der Waals surface area contributed by atoms with Gasteiger partial charge in [0.1, 0.15) is 5.78 Å². The Morgan fingerprint density at radius 3 is 2.96 bits per heavy atom. The molecule has 23 heavy (non-hydrogen) atoms. The predicted molar refractivity (Wildman–Crippen MR) is 90.1 cm³/mol. The molecule has 2 aliphatic heterocycles. The molecule has 0 N–H and O–H groups in total. The van der Waals surface area contributed by atoms with Crippen LogP contribution in [0.4, 0.5) is 0 Å². The van der Waals surface area contributed by atoms with Gasteiger partial charge in [-0.05, 0) is 41.9 Å². The monoisotopic (exact) mass is 332 g/mol. The van der Waals surface area contributed by atoms with Gasteiger partial charge >= 0.3 is 0 Å². The number of ketones is 1. The number of hydrogen-bond acceptors (Lipinski definition) is 4. The number of hydrogen-bond donors (Lipinski definition) is 0. The molecule has 0 amide bonds. The molecule has 0 aromatic heterocycles. The van der Waals surface area contributed by atoms with Gasteiger partial charge in [0, 0.05) is 43.6 Å². The molecule has 2 atom stereocenters. The van der Waals surface area contributed by atoms with E-state index in [-0.39, 0.29) is 4.90 Å². The molecule has 1 fully saturated rings. The van der Waals surface area contributed by atoms with Crippen LogP contribution in [0.3, 0.4) is 0 Å². The minimum absolute atomic E-state index is 0.199. The van der Waals surface area contributed by atoms with E-state index in [4.69, 9.17) is 28.7 Å². The zero-order chi connectivity index (χ0) is 29.8. The third kappa shape index (κ3) is 3.09. The molecule has 4 heteroatoms. The Kier molecular flexibility index (Phi) is 1.72. The minimum Gasteiger partial charge on any atom is -0.493 e. The molecule has 0 spiro atoms. The highest BCUT2D eigenvalue weighted by Crippen LogP contribution is 2.42. The Morgan fingerprint density at radius 1 is 1.48 bits per heavy atom. The van der Waals surface area contributed by atoms with E-state index in [9.17, 15) is 6.17 Å². The number of Topliss-reactive ketones (excluding diaryl/α,β-unsaturated/α-hetero) is 1. The molecule has 3 rings (SSSR count). The van der Waals surface area contributed by atoms with Crippen LogP contribution in [-0.2, 0) is 11.2 Å². The molecule has 2 aliphatic rings. The van der Waals surface area contributed by atoms with Crippen molar-refractivity contribution >= 4 is 5.78 Å². The zero-order valence-corrected chi connectivity index (χ0v) is 13.0. The summed E-state index contributed by atoms with van der Waals surface area (Å²) < 4.78 is 137. The summed E-state index contributed by atoms with van der Waals surface area (Å²) in [5.74, 6) is -7.21. The van der Waals surface area contributed by atoms with Crippen molar-refractivity contribution in [1.29, 1.82) is 0 Å². The predicted octanol–water partition coefficient (Wildman–Crippen LogP) is 3.24. The lowest BCUT2D eigenvalue weighted by atomic mass is 9.80. The van der Waals surface area contributed by atoms with Crippen molar-refractivity contribution in [2.75, 3.05) is 27.1 Å². The van der Waals surface area contributed by atoms with Crippen LogP contribution >= 0.6 is 0 Å². The van der Waals surface area contributed by atoms with Crippen LogP contribution in [0.5, 0.6) is 11.5 Å². The van der Waals surface area contributed by atoms with Crippen LogP contribution in [0.1, 0.15) is 64.3 Å². The van der Waals surface area contributed by atoms with Gasteiger partial charge in [0.25, 0.3) is 0 Å². The van der Waals surface area contributed by atoms with Gasteiger partial charge in [-0.15, -0.1) is 0 Å². The van der Waals surface area contributed by atoms with Crippen molar-refractivity contribution in [2.45, 2.75) is 39.0 Å². The van der Waals surface area contributed by atoms with Crippen LogP contribution < -0.4 is 9.47 Å². The highest BCUT2D eigenvalue weighted by molar-refractivity contribution is 5.83. The minimum atomic E-state index is -3.68. The van der Waals surface area contributed by atoms with Crippen molar-refractivity contribution in [3.05, 3.63) is 23.2 Å². The number of nitrogens with zero attached hydrogens (tertiary/aromatic N) is 1. The summed E-state index contributed by atoms with van der Waals surface area (Å²) in [6.07, 6.45) is -7.75. The Balaban J connectivity index is 2.64. The third-order valence-electron chi connectivity index (χ3n) is 3.36. The molecule has 0 saturated carbocycles. The maximum atomic E-state index is 13.6. The Labute approximate surface area is 159 Å². The standard InChI is InChI=1S/C19H27NO3/c1-12(2)7-14-11-20-6-5-13-8-18(22-3)19(23-4)9-15(13)16(20)10-17(14)21/h8-9,12,14,16H,5-7,10-11H2,1-4H3/i4D3,5D2,6D2,8D,9D,10D2,11D2,14D,16D. The van der Waals surface area contributed by atoms with Gasteiger partial charge in [0.15, 0.2) is 11.5 Å². The number of ether oxygens (including phenoxy) is 2. The molecule has 4 nitrogen and oxygen atoms in total. The molecular weight excluding hydrogens is 290 g/mol. The summed E-state index contributed by atoms with van der Waals surface area (Å²) in [6, 6.07) is -5.88. The van der Waals surface area contributed by atoms with E-state index in [0.29, 0.717) is 0 Å². The normalized spacial score (nSPS) is 49.6. The lowest BCUT2D eigenvalue weighted by molar-refractivity contribution is -0.129. The number of carbonyl (C=O) groups excluding carboxylic acids is 1. The van der Waals surface area contributed by atoms with E-state index < -0.39 is 97.5 Å². The largest absolute Gasteiger partial charge is 0.493 e. The quantitative estimate of drug-likeness (QED) is 0.848. The van der Waals surface area contributed by atoms with Gasteiger partial charge in [0.2, 0.25) is 0 Å². The second-order valence-corrected chi connectivity index (χ2v) is 5.53. The van der Waals surface area contributed by atoms with Crippen molar-refractivity contribution in [3.8, 4) is 11.5 Å². The molecule has 1 aromatic carbocycles. The summed E-state index contributed by atoms with van der Waals surface area (Å²) in [4.78, 5) is 13.4. The molecule has 2 heterocycles. The highest BCUT2D eigenvalue weighted by Gasteiger charge is 2.38. The second kappa shape index (κ2) is 6.52. The molecule has 0 bridgehead atoms. The summed E-state index contributed by atoms with van der Waals surface area (Å²) in [5.41, 5.74) is -2.29. The first kappa shape index (κ1) is 6.07. The summed E-state index contributed by atoms with van der Waals surface area (Å²) in [5, 5.41) is 0. The number of fused-ring (bicyclic) bond motifs is 3. The zero-order valence-electron chi connectivity index (χ0n) is 28.0. The summed E-state index contributed by atoms with van der Waals surface area (Å²) in [6.45, 7) is -4.19. The molecule has 0 radical (unpaired) electrons. The fourth-order valence-electron chi connectivity index (χ4n) is 2.35. The van der Waals surface area contributed by atoms with E-state index in [1.807, 2.05) is 0 Å². The van der Waals surface area contributed by atoms with Gasteiger partial charge in [0.05, 0.1) is 22.4 Å². The first-order chi connectivity index (χ1) is 16.8. The molecule has 0 aliphatic carbocycles. The smallest absolute Gasteiger partial charge is 0.161 e. The maximum Gasteiger partial charge on any atom is 0.161 e. The van der Waals surface area contributed by atoms with Gasteiger partial charge in [-0.25, -0.2) is 0 Å². The molecule has 2 unspecified atom stereocenters. The van der Waals surface area contributed by atoms with Crippen molar-refractivity contribution < 1.29 is 34.8 Å². The topological polar surface area (TPSA) is 38.8 Å². The second-order valence-electron chi connectivity index (χ2n) is 5.53. The first-order valence-electron chi connectivity index (χ1n) is 14.6. The van der Waals surface area contributed by atoms with Crippen LogP contribution in [0.2, 0.25) is 0 Å². The molecule has 1 saturated heterocycles. The molecular formula is C19H27NO3. The van der Waals surface area contributed by atoms with E-state index in [2.05, 4.69) is 0 Å². The SMILES string of the molecule is [2H]c1c(OC)c(OC([2H])([2H])[2H])c([2H])c2c1C([2H])([2H])C([2H])([2H])N1C([2H])([2H])C([2H])(CC(C)C)C(=O)C([2H])([2H])C21[2H]. The number of methoxy groups -OCH3 is 2. The number of rotatable bonds is 4. The Bertz CT molecular complexity index is 1180. The van der Waals surface area contributed by atoms with Crippen LogP contribution in [-0.4, -0.2) is 37.8 Å². The van der Waals surface area contributed by atoms with Crippen molar-refractivity contribution in [3.63, 3.8) is 0 Å². The van der Waals surface area contributed by atoms with E-state index >= 15 is 0 Å². The highest BCUT2D eigenvalue weighted by atomic mass is 16.5. The van der Waals surface area contributed by atoms with Crippen LogP contribution in [0.15, 0.2) is 12.1 Å². The number of carbonyl (C=O) groups is 1. The molecule has 126 valence electrons.